The number of piperidine rings is 1. The summed E-state index contributed by atoms with van der Waals surface area (Å²) in [5.74, 6) is 1.14. The first-order valence-corrected chi connectivity index (χ1v) is 9.12. The van der Waals surface area contributed by atoms with Crippen LogP contribution in [0, 0.1) is 5.53 Å². The van der Waals surface area contributed by atoms with Crippen molar-refractivity contribution in [3.05, 3.63) is 35.2 Å². The fourth-order valence-electron chi connectivity index (χ4n) is 3.24. The van der Waals surface area contributed by atoms with E-state index >= 15 is 0 Å². The quantitative estimate of drug-likeness (QED) is 0.250. The van der Waals surface area contributed by atoms with Crippen LogP contribution in [-0.4, -0.2) is 30.0 Å². The van der Waals surface area contributed by atoms with Gasteiger partial charge in [-0.1, -0.05) is 17.4 Å². The minimum atomic E-state index is 0.220. The summed E-state index contributed by atoms with van der Waals surface area (Å²) in [4.78, 5) is 4.86. The SMILES string of the molecule is N=N/N=C(\N)c1ccc2c(c1)nc(NC1CCNCC1)c1ccsc12. The smallest absolute Gasteiger partial charge is 0.155 e. The molecule has 3 aromatic rings. The molecular formula is C17H19N7S. The highest BCUT2D eigenvalue weighted by Gasteiger charge is 2.16. The maximum Gasteiger partial charge on any atom is 0.155 e. The Morgan fingerprint density at radius 1 is 1.28 bits per heavy atom. The van der Waals surface area contributed by atoms with Crippen LogP contribution in [-0.2, 0) is 0 Å². The first kappa shape index (κ1) is 15.9. The molecule has 0 aliphatic carbocycles. The van der Waals surface area contributed by atoms with E-state index in [1.807, 2.05) is 18.2 Å². The molecule has 7 nitrogen and oxygen atoms in total. The van der Waals surface area contributed by atoms with E-state index in [0.717, 1.165) is 53.6 Å². The second-order valence-corrected chi connectivity index (χ2v) is 7.03. The number of aromatic nitrogens is 1. The molecule has 1 aliphatic heterocycles. The molecule has 1 saturated heterocycles. The number of nitrogens with two attached hydrogens (primary N) is 1. The van der Waals surface area contributed by atoms with Crippen LogP contribution in [0.5, 0.6) is 0 Å². The van der Waals surface area contributed by atoms with Crippen LogP contribution < -0.4 is 16.4 Å². The highest BCUT2D eigenvalue weighted by atomic mass is 32.1. The molecule has 128 valence electrons. The first-order chi connectivity index (χ1) is 12.3. The molecule has 0 spiro atoms. The summed E-state index contributed by atoms with van der Waals surface area (Å²) >= 11 is 1.72. The summed E-state index contributed by atoms with van der Waals surface area (Å²) in [6, 6.07) is 8.38. The number of benzene rings is 1. The van der Waals surface area contributed by atoms with Gasteiger partial charge in [-0.15, -0.1) is 16.4 Å². The van der Waals surface area contributed by atoms with Crippen LogP contribution in [0.1, 0.15) is 18.4 Å². The van der Waals surface area contributed by atoms with Gasteiger partial charge in [0.25, 0.3) is 0 Å². The summed E-state index contributed by atoms with van der Waals surface area (Å²) in [5, 5.41) is 18.0. The molecular weight excluding hydrogens is 334 g/mol. The van der Waals surface area contributed by atoms with E-state index < -0.39 is 0 Å². The molecule has 0 bridgehead atoms. The monoisotopic (exact) mass is 353 g/mol. The molecule has 1 aliphatic rings. The Hall–Kier alpha value is -2.58. The summed E-state index contributed by atoms with van der Waals surface area (Å²) in [7, 11) is 0. The largest absolute Gasteiger partial charge is 0.382 e. The van der Waals surface area contributed by atoms with Gasteiger partial charge >= 0.3 is 0 Å². The van der Waals surface area contributed by atoms with Crippen LogP contribution in [0.3, 0.4) is 0 Å². The predicted molar refractivity (Wildman–Crippen MR) is 103 cm³/mol. The number of fused-ring (bicyclic) bond motifs is 3. The average molecular weight is 353 g/mol. The number of anilines is 1. The molecule has 0 amide bonds. The van der Waals surface area contributed by atoms with Crippen molar-refractivity contribution in [3.63, 3.8) is 0 Å². The molecule has 5 N–H and O–H groups in total. The van der Waals surface area contributed by atoms with Gasteiger partial charge in [-0.3, -0.25) is 0 Å². The van der Waals surface area contributed by atoms with Gasteiger partial charge in [0.15, 0.2) is 5.84 Å². The maximum atomic E-state index is 6.84. The lowest BCUT2D eigenvalue weighted by Gasteiger charge is -2.24. The molecule has 4 rings (SSSR count). The zero-order chi connectivity index (χ0) is 17.2. The normalized spacial score (nSPS) is 16.4. The van der Waals surface area contributed by atoms with Gasteiger partial charge in [-0.25, -0.2) is 4.98 Å². The first-order valence-electron chi connectivity index (χ1n) is 8.25. The van der Waals surface area contributed by atoms with Crippen molar-refractivity contribution in [2.75, 3.05) is 18.4 Å². The zero-order valence-electron chi connectivity index (χ0n) is 13.6. The summed E-state index contributed by atoms with van der Waals surface area (Å²) in [6.45, 7) is 2.07. The van der Waals surface area contributed by atoms with E-state index in [4.69, 9.17) is 16.2 Å². The molecule has 2 aromatic heterocycles. The van der Waals surface area contributed by atoms with E-state index in [1.54, 1.807) is 11.3 Å². The van der Waals surface area contributed by atoms with E-state index in [1.165, 1.54) is 4.70 Å². The molecule has 0 unspecified atom stereocenters. The molecule has 1 fully saturated rings. The lowest BCUT2D eigenvalue weighted by Crippen LogP contribution is -2.35. The Labute approximate surface area is 148 Å². The zero-order valence-corrected chi connectivity index (χ0v) is 14.4. The number of nitrogens with one attached hydrogen (secondary N) is 3. The van der Waals surface area contributed by atoms with Gasteiger partial charge in [-0.2, -0.15) is 5.53 Å². The fourth-order valence-corrected chi connectivity index (χ4v) is 4.17. The Balaban J connectivity index is 1.81. The Bertz CT molecular complexity index is 956. The lowest BCUT2D eigenvalue weighted by molar-refractivity contribution is 0.478. The third kappa shape index (κ3) is 3.06. The van der Waals surface area contributed by atoms with E-state index in [0.29, 0.717) is 6.04 Å². The summed E-state index contributed by atoms with van der Waals surface area (Å²) < 4.78 is 1.22. The standard InChI is InChI=1S/C17H19N7S/c18-16(23-24-19)10-1-2-12-14(9-10)22-17(13-5-8-25-15(12)13)21-11-3-6-20-7-4-11/h1-2,5,8-9,11,20H,3-4,6-7H2,(H,21,22)(H3,18,19,23). The van der Waals surface area contributed by atoms with Gasteiger partial charge in [0.1, 0.15) is 5.82 Å². The summed E-state index contributed by atoms with van der Waals surface area (Å²) in [6.07, 6.45) is 2.19. The Morgan fingerprint density at radius 3 is 2.92 bits per heavy atom. The topological polar surface area (TPSA) is 112 Å². The molecule has 0 radical (unpaired) electrons. The van der Waals surface area contributed by atoms with Crippen molar-refractivity contribution in [1.29, 1.82) is 5.53 Å². The van der Waals surface area contributed by atoms with Gasteiger partial charge in [0.2, 0.25) is 0 Å². The minimum Gasteiger partial charge on any atom is -0.382 e. The van der Waals surface area contributed by atoms with Crippen molar-refractivity contribution in [3.8, 4) is 0 Å². The molecule has 8 heteroatoms. The number of pyridine rings is 1. The van der Waals surface area contributed by atoms with Crippen molar-refractivity contribution in [2.24, 2.45) is 16.1 Å². The molecule has 3 heterocycles. The number of rotatable bonds is 4. The predicted octanol–water partition coefficient (Wildman–Crippen LogP) is 3.26. The second kappa shape index (κ2) is 6.73. The van der Waals surface area contributed by atoms with Crippen LogP contribution in [0.25, 0.3) is 21.0 Å². The van der Waals surface area contributed by atoms with Crippen molar-refractivity contribution >= 4 is 44.0 Å². The van der Waals surface area contributed by atoms with E-state index in [2.05, 4.69) is 32.4 Å². The highest BCUT2D eigenvalue weighted by molar-refractivity contribution is 7.18. The molecule has 0 atom stereocenters. The lowest BCUT2D eigenvalue weighted by atomic mass is 10.1. The molecule has 0 saturated carbocycles. The number of amidine groups is 1. The Morgan fingerprint density at radius 2 is 2.12 bits per heavy atom. The highest BCUT2D eigenvalue weighted by Crippen LogP contribution is 2.34. The third-order valence-corrected chi connectivity index (χ3v) is 5.48. The van der Waals surface area contributed by atoms with E-state index in [9.17, 15) is 0 Å². The van der Waals surface area contributed by atoms with Crippen molar-refractivity contribution < 1.29 is 0 Å². The molecule has 25 heavy (non-hydrogen) atoms. The van der Waals surface area contributed by atoms with Crippen molar-refractivity contribution in [1.82, 2.24) is 10.3 Å². The average Bonchev–Trinajstić information content (AvgIpc) is 3.13. The number of hydrogen-bond acceptors (Lipinski definition) is 6. The fraction of sp³-hybridized carbons (Fsp3) is 0.294. The minimum absolute atomic E-state index is 0.220. The van der Waals surface area contributed by atoms with Crippen LogP contribution >= 0.6 is 11.3 Å². The van der Waals surface area contributed by atoms with Gasteiger partial charge in [0, 0.05) is 27.1 Å². The maximum absolute atomic E-state index is 6.84. The Kier molecular flexibility index (Phi) is 4.29. The second-order valence-electron chi connectivity index (χ2n) is 6.11. The van der Waals surface area contributed by atoms with Gasteiger partial charge < -0.3 is 16.4 Å². The molecule has 1 aromatic carbocycles. The van der Waals surface area contributed by atoms with Crippen LogP contribution in [0.4, 0.5) is 5.82 Å². The van der Waals surface area contributed by atoms with Gasteiger partial charge in [-0.05, 0) is 43.4 Å². The third-order valence-electron chi connectivity index (χ3n) is 4.53. The van der Waals surface area contributed by atoms with Crippen LogP contribution in [0.15, 0.2) is 40.0 Å². The number of hydrogen-bond donors (Lipinski definition) is 4. The summed E-state index contributed by atoms with van der Waals surface area (Å²) in [5.41, 5.74) is 14.3. The van der Waals surface area contributed by atoms with Gasteiger partial charge in [0.05, 0.1) is 5.52 Å². The van der Waals surface area contributed by atoms with Crippen LogP contribution in [0.2, 0.25) is 0 Å². The number of thiophene rings is 1. The number of nitrogens with zero attached hydrogens (tertiary/aromatic N) is 3. The van der Waals surface area contributed by atoms with E-state index in [-0.39, 0.29) is 5.84 Å². The van der Waals surface area contributed by atoms with Crippen molar-refractivity contribution in [2.45, 2.75) is 18.9 Å².